The summed E-state index contributed by atoms with van der Waals surface area (Å²) in [4.78, 5) is 12.3. The van der Waals surface area contributed by atoms with Crippen LogP contribution in [0.5, 0.6) is 0 Å². The Morgan fingerprint density at radius 3 is 2.63 bits per heavy atom. The number of nitro groups is 1. The van der Waals surface area contributed by atoms with Gasteiger partial charge in [-0.05, 0) is 43.9 Å². The summed E-state index contributed by atoms with van der Waals surface area (Å²) in [5, 5.41) is 26.8. The first kappa shape index (κ1) is 23.7. The third kappa shape index (κ3) is 8.85. The van der Waals surface area contributed by atoms with Gasteiger partial charge in [0, 0.05) is 18.8 Å². The number of halogens is 1. The van der Waals surface area contributed by atoms with Crippen molar-refractivity contribution in [3.05, 3.63) is 81.4 Å². The van der Waals surface area contributed by atoms with E-state index in [1.165, 1.54) is 24.3 Å². The number of hydrogen-bond donors (Lipinski definition) is 3. The zero-order chi connectivity index (χ0) is 21.9. The molecule has 0 spiro atoms. The van der Waals surface area contributed by atoms with Gasteiger partial charge in [-0.25, -0.2) is 4.39 Å². The van der Waals surface area contributed by atoms with Gasteiger partial charge in [-0.1, -0.05) is 12.1 Å². The van der Waals surface area contributed by atoms with E-state index >= 15 is 0 Å². The minimum atomic E-state index is -0.924. The van der Waals surface area contributed by atoms with Gasteiger partial charge in [-0.3, -0.25) is 10.1 Å². The van der Waals surface area contributed by atoms with Crippen LogP contribution < -0.4 is 10.6 Å². The van der Waals surface area contributed by atoms with Gasteiger partial charge < -0.3 is 25.1 Å². The Kier molecular flexibility index (Phi) is 9.65. The number of aliphatic hydroxyl groups excluding tert-OH is 1. The Morgan fingerprint density at radius 1 is 1.27 bits per heavy atom. The number of nitrogens with one attached hydrogen (secondary N) is 2. The molecule has 2 aromatic rings. The monoisotopic (exact) mass is 438 g/mol. The van der Waals surface area contributed by atoms with Crippen molar-refractivity contribution in [1.82, 2.24) is 15.5 Å². The molecule has 3 N–H and O–H groups in total. The van der Waals surface area contributed by atoms with E-state index in [-0.39, 0.29) is 12.4 Å². The summed E-state index contributed by atoms with van der Waals surface area (Å²) >= 11 is 1.64. The fourth-order valence-electron chi connectivity index (χ4n) is 2.60. The quantitative estimate of drug-likeness (QED) is 0.249. The van der Waals surface area contributed by atoms with Crippen LogP contribution in [0, 0.1) is 15.9 Å². The third-order valence-electron chi connectivity index (χ3n) is 3.97. The second-order valence-corrected chi connectivity index (χ2v) is 7.97. The summed E-state index contributed by atoms with van der Waals surface area (Å²) < 4.78 is 18.7. The Bertz CT molecular complexity index is 826. The zero-order valence-electron chi connectivity index (χ0n) is 17.0. The fourth-order valence-corrected chi connectivity index (χ4v) is 3.34. The number of thioether (sulfide) groups is 1. The number of furan rings is 1. The summed E-state index contributed by atoms with van der Waals surface area (Å²) in [7, 11) is 3.96. The van der Waals surface area contributed by atoms with Crippen LogP contribution in [0.4, 0.5) is 4.39 Å². The zero-order valence-corrected chi connectivity index (χ0v) is 17.8. The van der Waals surface area contributed by atoms with E-state index in [1.54, 1.807) is 11.8 Å². The van der Waals surface area contributed by atoms with Crippen molar-refractivity contribution in [3.63, 3.8) is 0 Å². The van der Waals surface area contributed by atoms with Gasteiger partial charge >= 0.3 is 0 Å². The minimum absolute atomic E-state index is 0.0481. The van der Waals surface area contributed by atoms with Gasteiger partial charge in [0.05, 0.1) is 23.3 Å². The normalized spacial score (nSPS) is 12.8. The fraction of sp³-hybridized carbons (Fsp3) is 0.400. The second-order valence-electron chi connectivity index (χ2n) is 6.86. The van der Waals surface area contributed by atoms with Crippen LogP contribution in [-0.2, 0) is 12.3 Å². The number of aliphatic hydroxyl groups is 1. The van der Waals surface area contributed by atoms with Gasteiger partial charge in [0.1, 0.15) is 17.3 Å². The van der Waals surface area contributed by atoms with Crippen molar-refractivity contribution >= 4 is 11.8 Å². The highest BCUT2D eigenvalue weighted by Crippen LogP contribution is 2.16. The lowest BCUT2D eigenvalue weighted by molar-refractivity contribution is -0.404. The summed E-state index contributed by atoms with van der Waals surface area (Å²) in [5.41, 5.74) is 0.520. The highest BCUT2D eigenvalue weighted by molar-refractivity contribution is 7.98. The van der Waals surface area contributed by atoms with Crippen LogP contribution in [0.3, 0.4) is 0 Å². The number of hydrogen-bond acceptors (Lipinski definition) is 8. The van der Waals surface area contributed by atoms with Crippen LogP contribution in [0.1, 0.15) is 23.2 Å². The van der Waals surface area contributed by atoms with Gasteiger partial charge in [-0.15, -0.1) is 0 Å². The van der Waals surface area contributed by atoms with Crippen LogP contribution in [0.25, 0.3) is 0 Å². The van der Waals surface area contributed by atoms with Crippen molar-refractivity contribution in [2.24, 2.45) is 0 Å². The molecular formula is C20H27FN4O4S. The Labute approximate surface area is 179 Å². The van der Waals surface area contributed by atoms with Crippen LogP contribution in [0.15, 0.2) is 52.8 Å². The molecule has 0 saturated carbocycles. The van der Waals surface area contributed by atoms with Crippen molar-refractivity contribution in [2.45, 2.75) is 18.4 Å². The number of benzene rings is 1. The van der Waals surface area contributed by atoms with E-state index in [0.29, 0.717) is 23.6 Å². The molecular weight excluding hydrogens is 411 g/mol. The van der Waals surface area contributed by atoms with Crippen LogP contribution in [-0.4, -0.2) is 47.9 Å². The predicted octanol–water partition coefficient (Wildman–Crippen LogP) is 2.70. The Morgan fingerprint density at radius 2 is 1.97 bits per heavy atom. The molecule has 0 bridgehead atoms. The van der Waals surface area contributed by atoms with E-state index < -0.39 is 16.8 Å². The summed E-state index contributed by atoms with van der Waals surface area (Å²) in [6.07, 6.45) is -0.102. The van der Waals surface area contributed by atoms with E-state index in [4.69, 9.17) is 4.42 Å². The lowest BCUT2D eigenvalue weighted by Crippen LogP contribution is -2.31. The molecule has 164 valence electrons. The van der Waals surface area contributed by atoms with Crippen LogP contribution >= 0.6 is 11.8 Å². The van der Waals surface area contributed by atoms with E-state index in [2.05, 4.69) is 10.6 Å². The highest BCUT2D eigenvalue weighted by Gasteiger charge is 2.10. The van der Waals surface area contributed by atoms with Crippen molar-refractivity contribution in [2.75, 3.05) is 32.9 Å². The largest absolute Gasteiger partial charge is 0.464 e. The summed E-state index contributed by atoms with van der Waals surface area (Å²) in [5.74, 6) is 3.02. The smallest absolute Gasteiger partial charge is 0.274 e. The molecule has 0 saturated heterocycles. The first-order chi connectivity index (χ1) is 14.3. The van der Waals surface area contributed by atoms with E-state index in [1.807, 2.05) is 31.1 Å². The number of rotatable bonds is 13. The molecule has 1 aromatic carbocycles. The highest BCUT2D eigenvalue weighted by atomic mass is 32.2. The van der Waals surface area contributed by atoms with Crippen molar-refractivity contribution in [1.29, 1.82) is 0 Å². The van der Waals surface area contributed by atoms with Crippen molar-refractivity contribution in [3.8, 4) is 0 Å². The lowest BCUT2D eigenvalue weighted by atomic mass is 10.1. The average molecular weight is 439 g/mol. The molecule has 30 heavy (non-hydrogen) atoms. The van der Waals surface area contributed by atoms with Gasteiger partial charge in [0.25, 0.3) is 6.20 Å². The summed E-state index contributed by atoms with van der Waals surface area (Å²) in [6, 6.07) is 9.37. The molecule has 0 aliphatic rings. The molecule has 8 nitrogen and oxygen atoms in total. The molecule has 1 atom stereocenters. The van der Waals surface area contributed by atoms with E-state index in [9.17, 15) is 19.6 Å². The maximum absolute atomic E-state index is 13.0. The molecule has 2 rings (SSSR count). The Balaban J connectivity index is 1.73. The predicted molar refractivity (Wildman–Crippen MR) is 115 cm³/mol. The molecule has 10 heteroatoms. The molecule has 1 heterocycles. The van der Waals surface area contributed by atoms with E-state index in [0.717, 1.165) is 24.3 Å². The standard InChI is InChI=1S/C20H27FN4O4S/c1-24(2)12-17-7-8-18(29-17)14-30-10-9-22-20(13-25(27)28)23-11-19(26)15-3-5-16(21)6-4-15/h3-8,13,19,22-23,26H,9-12,14H2,1-2H3. The molecule has 1 aromatic heterocycles. The Hall–Kier alpha value is -2.56. The average Bonchev–Trinajstić information content (AvgIpc) is 3.12. The third-order valence-corrected chi connectivity index (χ3v) is 4.95. The lowest BCUT2D eigenvalue weighted by Gasteiger charge is -2.15. The molecule has 0 fully saturated rings. The number of nitrogens with zero attached hydrogens (tertiary/aromatic N) is 2. The van der Waals surface area contributed by atoms with Gasteiger partial charge in [0.2, 0.25) is 0 Å². The minimum Gasteiger partial charge on any atom is -0.464 e. The van der Waals surface area contributed by atoms with Crippen molar-refractivity contribution < 1.29 is 18.8 Å². The maximum Gasteiger partial charge on any atom is 0.274 e. The van der Waals surface area contributed by atoms with Gasteiger partial charge in [-0.2, -0.15) is 11.8 Å². The maximum atomic E-state index is 13.0. The molecule has 1 unspecified atom stereocenters. The molecule has 0 radical (unpaired) electrons. The first-order valence-electron chi connectivity index (χ1n) is 9.40. The molecule has 0 aliphatic carbocycles. The summed E-state index contributed by atoms with van der Waals surface area (Å²) in [6.45, 7) is 1.29. The molecule has 0 amide bonds. The topological polar surface area (TPSA) is 104 Å². The SMILES string of the molecule is CN(C)Cc1ccc(CSCCNC(=C[N+](=O)[O-])NCC(O)c2ccc(F)cc2)o1. The van der Waals surface area contributed by atoms with Gasteiger partial charge in [0.15, 0.2) is 5.82 Å². The first-order valence-corrected chi connectivity index (χ1v) is 10.6. The second kappa shape index (κ2) is 12.2. The molecule has 0 aliphatic heterocycles. The van der Waals surface area contributed by atoms with Crippen LogP contribution in [0.2, 0.25) is 0 Å².